The summed E-state index contributed by atoms with van der Waals surface area (Å²) in [6.45, 7) is 5.09. The van der Waals surface area contributed by atoms with Gasteiger partial charge in [0.05, 0.1) is 18.6 Å². The highest BCUT2D eigenvalue weighted by molar-refractivity contribution is 7.99. The molecule has 6 heteroatoms. The maximum atomic E-state index is 11.6. The Labute approximate surface area is 123 Å². The van der Waals surface area contributed by atoms with Crippen LogP contribution in [0.5, 0.6) is 11.5 Å². The monoisotopic (exact) mass is 296 g/mol. The molecular formula is C14H20N2O3S. The van der Waals surface area contributed by atoms with Crippen LogP contribution >= 0.6 is 11.8 Å². The van der Waals surface area contributed by atoms with Gasteiger partial charge in [-0.3, -0.25) is 10.2 Å². The van der Waals surface area contributed by atoms with Gasteiger partial charge >= 0.3 is 0 Å². The van der Waals surface area contributed by atoms with Gasteiger partial charge in [-0.15, -0.1) is 11.8 Å². The van der Waals surface area contributed by atoms with Gasteiger partial charge in [0.15, 0.2) is 11.5 Å². The van der Waals surface area contributed by atoms with Gasteiger partial charge in [0.25, 0.3) is 0 Å². The molecule has 5 nitrogen and oxygen atoms in total. The van der Waals surface area contributed by atoms with Crippen molar-refractivity contribution in [3.05, 3.63) is 18.2 Å². The van der Waals surface area contributed by atoms with E-state index in [0.717, 1.165) is 22.8 Å². The number of ether oxygens (including phenoxy) is 2. The zero-order chi connectivity index (χ0) is 14.6. The minimum Gasteiger partial charge on any atom is -0.490 e. The average Bonchev–Trinajstić information content (AvgIpc) is 2.68. The van der Waals surface area contributed by atoms with Crippen LogP contribution in [0.25, 0.3) is 0 Å². The number of thioether (sulfide) groups is 1. The quantitative estimate of drug-likeness (QED) is 0.384. The first-order valence-electron chi connectivity index (χ1n) is 6.56. The molecule has 0 aliphatic carbocycles. The van der Waals surface area contributed by atoms with E-state index >= 15 is 0 Å². The molecule has 20 heavy (non-hydrogen) atoms. The second-order valence-corrected chi connectivity index (χ2v) is 6.35. The second kappa shape index (κ2) is 6.37. The van der Waals surface area contributed by atoms with Gasteiger partial charge in [0.1, 0.15) is 0 Å². The topological polar surface area (TPSA) is 73.6 Å². The molecule has 0 aromatic heterocycles. The lowest BCUT2D eigenvalue weighted by Gasteiger charge is -2.21. The van der Waals surface area contributed by atoms with Crippen molar-refractivity contribution in [2.75, 3.05) is 19.0 Å². The van der Waals surface area contributed by atoms with E-state index in [1.165, 1.54) is 0 Å². The number of carbonyl (C=O) groups is 1. The molecule has 1 aromatic rings. The van der Waals surface area contributed by atoms with Crippen LogP contribution in [0, 0.1) is 5.41 Å². The van der Waals surface area contributed by atoms with Crippen molar-refractivity contribution >= 4 is 17.7 Å². The Bertz CT molecular complexity index is 491. The fourth-order valence-electron chi connectivity index (χ4n) is 1.76. The Morgan fingerprint density at radius 3 is 2.75 bits per heavy atom. The van der Waals surface area contributed by atoms with Crippen LogP contribution in [-0.4, -0.2) is 24.9 Å². The van der Waals surface area contributed by atoms with Gasteiger partial charge in [-0.05, 0) is 18.2 Å². The van der Waals surface area contributed by atoms with Crippen LogP contribution < -0.4 is 20.7 Å². The summed E-state index contributed by atoms with van der Waals surface area (Å²) in [7, 11) is 0. The van der Waals surface area contributed by atoms with E-state index in [1.54, 1.807) is 11.8 Å². The molecule has 0 bridgehead atoms. The molecule has 0 fully saturated rings. The molecule has 1 amide bonds. The summed E-state index contributed by atoms with van der Waals surface area (Å²) in [5.41, 5.74) is 1.68. The Hall–Kier alpha value is -1.40. The Morgan fingerprint density at radius 1 is 1.35 bits per heavy atom. The summed E-state index contributed by atoms with van der Waals surface area (Å²) >= 11 is 1.60. The van der Waals surface area contributed by atoms with Crippen molar-refractivity contribution in [1.29, 1.82) is 0 Å². The summed E-state index contributed by atoms with van der Waals surface area (Å²) in [4.78, 5) is 12.7. The highest BCUT2D eigenvalue weighted by Crippen LogP contribution is 2.35. The van der Waals surface area contributed by atoms with Crippen LogP contribution in [0.2, 0.25) is 0 Å². The third-order valence-electron chi connectivity index (χ3n) is 3.06. The molecule has 0 spiro atoms. The molecule has 0 saturated heterocycles. The molecule has 1 heterocycles. The van der Waals surface area contributed by atoms with E-state index < -0.39 is 5.41 Å². The average molecular weight is 296 g/mol. The highest BCUT2D eigenvalue weighted by Gasteiger charge is 2.27. The SMILES string of the molecule is CC(C)(CSc1ccc2c(c1)OCCCO2)C(=O)NN. The summed E-state index contributed by atoms with van der Waals surface area (Å²) in [6, 6.07) is 5.86. The number of benzene rings is 1. The molecular weight excluding hydrogens is 276 g/mol. The first-order valence-corrected chi connectivity index (χ1v) is 7.55. The zero-order valence-corrected chi connectivity index (χ0v) is 12.6. The van der Waals surface area contributed by atoms with Gasteiger partial charge in [-0.2, -0.15) is 0 Å². The molecule has 110 valence electrons. The number of nitrogens with two attached hydrogens (primary N) is 1. The minimum atomic E-state index is -0.524. The smallest absolute Gasteiger partial charge is 0.240 e. The molecule has 0 unspecified atom stereocenters. The number of carbonyl (C=O) groups excluding carboxylic acids is 1. The third-order valence-corrected chi connectivity index (χ3v) is 4.52. The van der Waals surface area contributed by atoms with Crippen molar-refractivity contribution in [2.24, 2.45) is 11.3 Å². The Balaban J connectivity index is 2.04. The molecule has 0 atom stereocenters. The van der Waals surface area contributed by atoms with E-state index in [4.69, 9.17) is 15.3 Å². The normalized spacial score (nSPS) is 14.6. The molecule has 0 saturated carbocycles. The number of hydrogen-bond acceptors (Lipinski definition) is 5. The van der Waals surface area contributed by atoms with Crippen LogP contribution in [0.4, 0.5) is 0 Å². The maximum Gasteiger partial charge on any atom is 0.240 e. The predicted molar refractivity (Wildman–Crippen MR) is 78.9 cm³/mol. The van der Waals surface area contributed by atoms with E-state index in [2.05, 4.69) is 5.43 Å². The lowest BCUT2D eigenvalue weighted by atomic mass is 9.96. The molecule has 1 aliphatic heterocycles. The standard InChI is InChI=1S/C14H20N2O3S/c1-14(2,13(17)16-15)9-20-10-4-5-11-12(8-10)19-7-3-6-18-11/h4-5,8H,3,6-7,9,15H2,1-2H3,(H,16,17). The summed E-state index contributed by atoms with van der Waals surface area (Å²) in [5, 5.41) is 0. The van der Waals surface area contributed by atoms with Crippen LogP contribution in [0.15, 0.2) is 23.1 Å². The number of fused-ring (bicyclic) bond motifs is 1. The van der Waals surface area contributed by atoms with Gasteiger partial charge < -0.3 is 9.47 Å². The van der Waals surface area contributed by atoms with Crippen molar-refractivity contribution in [3.8, 4) is 11.5 Å². The van der Waals surface area contributed by atoms with Crippen molar-refractivity contribution in [3.63, 3.8) is 0 Å². The van der Waals surface area contributed by atoms with Gasteiger partial charge in [-0.1, -0.05) is 13.8 Å². The largest absolute Gasteiger partial charge is 0.490 e. The van der Waals surface area contributed by atoms with E-state index in [0.29, 0.717) is 19.0 Å². The molecule has 1 aromatic carbocycles. The van der Waals surface area contributed by atoms with Gasteiger partial charge in [-0.25, -0.2) is 5.84 Å². The third kappa shape index (κ3) is 3.58. The summed E-state index contributed by atoms with van der Waals surface area (Å²) in [5.74, 6) is 7.21. The highest BCUT2D eigenvalue weighted by atomic mass is 32.2. The summed E-state index contributed by atoms with van der Waals surface area (Å²) in [6.07, 6.45) is 0.890. The number of hydrogen-bond donors (Lipinski definition) is 2. The van der Waals surface area contributed by atoms with Gasteiger partial charge in [0.2, 0.25) is 5.91 Å². The molecule has 2 rings (SSSR count). The fourth-order valence-corrected chi connectivity index (χ4v) is 2.77. The first kappa shape index (κ1) is 15.0. The zero-order valence-electron chi connectivity index (χ0n) is 11.8. The van der Waals surface area contributed by atoms with Crippen molar-refractivity contribution < 1.29 is 14.3 Å². The van der Waals surface area contributed by atoms with E-state index in [9.17, 15) is 4.79 Å². The maximum absolute atomic E-state index is 11.6. The summed E-state index contributed by atoms with van der Waals surface area (Å²) < 4.78 is 11.2. The number of rotatable bonds is 4. The molecule has 3 N–H and O–H groups in total. The Morgan fingerprint density at radius 2 is 2.05 bits per heavy atom. The lowest BCUT2D eigenvalue weighted by Crippen LogP contribution is -2.42. The van der Waals surface area contributed by atoms with E-state index in [1.807, 2.05) is 32.0 Å². The van der Waals surface area contributed by atoms with Crippen LogP contribution in [0.3, 0.4) is 0 Å². The van der Waals surface area contributed by atoms with Crippen molar-refractivity contribution in [1.82, 2.24) is 5.43 Å². The van der Waals surface area contributed by atoms with Crippen LogP contribution in [-0.2, 0) is 4.79 Å². The predicted octanol–water partition coefficient (Wildman–Crippen LogP) is 1.96. The Kier molecular flexibility index (Phi) is 4.77. The van der Waals surface area contributed by atoms with Gasteiger partial charge in [0, 0.05) is 17.1 Å². The number of nitrogens with one attached hydrogen (secondary N) is 1. The number of amides is 1. The molecule has 1 aliphatic rings. The minimum absolute atomic E-state index is 0.167. The fraction of sp³-hybridized carbons (Fsp3) is 0.500. The lowest BCUT2D eigenvalue weighted by molar-refractivity contribution is -0.128. The molecule has 0 radical (unpaired) electrons. The second-order valence-electron chi connectivity index (χ2n) is 5.31. The van der Waals surface area contributed by atoms with E-state index in [-0.39, 0.29) is 5.91 Å². The van der Waals surface area contributed by atoms with Crippen LogP contribution in [0.1, 0.15) is 20.3 Å². The van der Waals surface area contributed by atoms with Crippen molar-refractivity contribution in [2.45, 2.75) is 25.2 Å². The first-order chi connectivity index (χ1) is 9.53. The number of hydrazine groups is 1.